The summed E-state index contributed by atoms with van der Waals surface area (Å²) in [4.78, 5) is 22.0. The molecule has 28 heavy (non-hydrogen) atoms. The van der Waals surface area contributed by atoms with Gasteiger partial charge in [0.2, 0.25) is 5.91 Å². The number of halogens is 1. The zero-order valence-electron chi connectivity index (χ0n) is 16.6. The normalized spacial score (nSPS) is 17.1. The predicted octanol–water partition coefficient (Wildman–Crippen LogP) is 2.00. The number of aliphatic imine (C=N–C) groups is 1. The van der Waals surface area contributed by atoms with Gasteiger partial charge in [0.25, 0.3) is 0 Å². The Hall–Kier alpha value is -2.90. The van der Waals surface area contributed by atoms with Gasteiger partial charge in [-0.05, 0) is 31.0 Å². The van der Waals surface area contributed by atoms with Crippen LogP contribution in [0.4, 0.5) is 4.39 Å². The van der Waals surface area contributed by atoms with Gasteiger partial charge in [-0.1, -0.05) is 13.0 Å². The van der Waals surface area contributed by atoms with Gasteiger partial charge in [-0.2, -0.15) is 0 Å². The van der Waals surface area contributed by atoms with E-state index in [9.17, 15) is 9.18 Å². The standard InChI is InChI=1S/C20H27FN6O/c1-4-19(28)26-9-7-16(13-26)25-20(22-3)24-12-15-5-6-18(17(21)11-15)27-10-8-23-14(27)2/h5-6,8,10-11,16H,4,7,9,12-13H2,1-3H3,(H2,22,24,25). The molecule has 1 amide bonds. The summed E-state index contributed by atoms with van der Waals surface area (Å²) in [6.45, 7) is 5.61. The average Bonchev–Trinajstić information content (AvgIpc) is 3.33. The number of likely N-dealkylation sites (tertiary alicyclic amines) is 1. The minimum atomic E-state index is -0.298. The van der Waals surface area contributed by atoms with Gasteiger partial charge in [-0.15, -0.1) is 0 Å². The van der Waals surface area contributed by atoms with Crippen LogP contribution in [0.1, 0.15) is 31.2 Å². The van der Waals surface area contributed by atoms with Crippen molar-refractivity contribution >= 4 is 11.9 Å². The molecular formula is C20H27FN6O. The molecule has 0 bridgehead atoms. The lowest BCUT2D eigenvalue weighted by atomic mass is 10.2. The number of aromatic nitrogens is 2. The molecule has 8 heteroatoms. The van der Waals surface area contributed by atoms with E-state index in [1.165, 1.54) is 6.07 Å². The summed E-state index contributed by atoms with van der Waals surface area (Å²) in [6, 6.07) is 5.33. The van der Waals surface area contributed by atoms with Crippen LogP contribution in [0.2, 0.25) is 0 Å². The monoisotopic (exact) mass is 386 g/mol. The number of amides is 1. The number of aryl methyl sites for hydroxylation is 1. The Balaban J connectivity index is 1.56. The molecule has 150 valence electrons. The van der Waals surface area contributed by atoms with Crippen LogP contribution in [-0.2, 0) is 11.3 Å². The van der Waals surface area contributed by atoms with Crippen molar-refractivity contribution in [1.29, 1.82) is 0 Å². The highest BCUT2D eigenvalue weighted by Crippen LogP contribution is 2.17. The number of imidazole rings is 1. The number of nitrogens with one attached hydrogen (secondary N) is 2. The Morgan fingerprint density at radius 1 is 1.43 bits per heavy atom. The number of carbonyl (C=O) groups is 1. The SMILES string of the molecule is CCC(=O)N1CCC(NC(=NC)NCc2ccc(-n3ccnc3C)c(F)c2)C1. The van der Waals surface area contributed by atoms with Crippen molar-refractivity contribution in [2.45, 2.75) is 39.3 Å². The molecule has 1 aliphatic heterocycles. The maximum atomic E-state index is 14.5. The van der Waals surface area contributed by atoms with E-state index in [4.69, 9.17) is 0 Å². The third kappa shape index (κ3) is 4.49. The van der Waals surface area contributed by atoms with Gasteiger partial charge in [0.15, 0.2) is 5.96 Å². The van der Waals surface area contributed by atoms with E-state index in [1.54, 1.807) is 30.1 Å². The largest absolute Gasteiger partial charge is 0.352 e. The fourth-order valence-electron chi connectivity index (χ4n) is 3.39. The number of rotatable bonds is 5. The molecule has 0 spiro atoms. The van der Waals surface area contributed by atoms with Gasteiger partial charge in [-0.3, -0.25) is 9.79 Å². The first-order valence-electron chi connectivity index (χ1n) is 9.55. The Bertz CT molecular complexity index is 862. The van der Waals surface area contributed by atoms with Gasteiger partial charge < -0.3 is 20.1 Å². The topological polar surface area (TPSA) is 74.6 Å². The van der Waals surface area contributed by atoms with E-state index >= 15 is 0 Å². The minimum Gasteiger partial charge on any atom is -0.352 e. The van der Waals surface area contributed by atoms with Gasteiger partial charge in [0.1, 0.15) is 11.6 Å². The second-order valence-corrected chi connectivity index (χ2v) is 6.88. The number of hydrogen-bond acceptors (Lipinski definition) is 3. The highest BCUT2D eigenvalue weighted by Gasteiger charge is 2.25. The van der Waals surface area contributed by atoms with Crippen molar-refractivity contribution in [1.82, 2.24) is 25.1 Å². The summed E-state index contributed by atoms with van der Waals surface area (Å²) < 4.78 is 16.2. The first-order chi connectivity index (χ1) is 13.5. The van der Waals surface area contributed by atoms with Crippen molar-refractivity contribution in [2.75, 3.05) is 20.1 Å². The minimum absolute atomic E-state index is 0.171. The molecule has 1 saturated heterocycles. The van der Waals surface area contributed by atoms with Crippen LogP contribution in [0.3, 0.4) is 0 Å². The third-order valence-electron chi connectivity index (χ3n) is 4.97. The predicted molar refractivity (Wildman–Crippen MR) is 107 cm³/mol. The summed E-state index contributed by atoms with van der Waals surface area (Å²) in [5, 5.41) is 6.55. The number of guanidine groups is 1. The van der Waals surface area contributed by atoms with E-state index in [-0.39, 0.29) is 17.8 Å². The lowest BCUT2D eigenvalue weighted by Crippen LogP contribution is -2.44. The molecule has 1 aliphatic rings. The second-order valence-electron chi connectivity index (χ2n) is 6.88. The van der Waals surface area contributed by atoms with Crippen molar-refractivity contribution in [3.05, 3.63) is 47.8 Å². The lowest BCUT2D eigenvalue weighted by Gasteiger charge is -2.19. The van der Waals surface area contributed by atoms with Crippen LogP contribution in [0, 0.1) is 12.7 Å². The first-order valence-corrected chi connectivity index (χ1v) is 9.55. The molecule has 2 heterocycles. The third-order valence-corrected chi connectivity index (χ3v) is 4.97. The average molecular weight is 386 g/mol. The Morgan fingerprint density at radius 3 is 2.89 bits per heavy atom. The number of hydrogen-bond donors (Lipinski definition) is 2. The van der Waals surface area contributed by atoms with Gasteiger partial charge in [0.05, 0.1) is 5.69 Å². The number of benzene rings is 1. The highest BCUT2D eigenvalue weighted by atomic mass is 19.1. The van der Waals surface area contributed by atoms with Crippen LogP contribution in [-0.4, -0.2) is 52.5 Å². The zero-order valence-corrected chi connectivity index (χ0v) is 16.6. The highest BCUT2D eigenvalue weighted by molar-refractivity contribution is 5.80. The van der Waals surface area contributed by atoms with E-state index < -0.39 is 0 Å². The zero-order chi connectivity index (χ0) is 20.1. The van der Waals surface area contributed by atoms with E-state index in [0.29, 0.717) is 31.2 Å². The van der Waals surface area contributed by atoms with E-state index in [2.05, 4.69) is 20.6 Å². The lowest BCUT2D eigenvalue weighted by molar-refractivity contribution is -0.129. The molecule has 1 atom stereocenters. The molecule has 7 nitrogen and oxygen atoms in total. The molecule has 3 rings (SSSR count). The molecule has 1 aromatic carbocycles. The molecule has 1 unspecified atom stereocenters. The van der Waals surface area contributed by atoms with E-state index in [0.717, 1.165) is 24.4 Å². The number of carbonyl (C=O) groups excluding carboxylic acids is 1. The summed E-state index contributed by atoms with van der Waals surface area (Å²) in [5.41, 5.74) is 1.30. The molecule has 2 N–H and O–H groups in total. The Kier molecular flexibility index (Phi) is 6.28. The molecule has 1 fully saturated rings. The van der Waals surface area contributed by atoms with Crippen molar-refractivity contribution in [3.63, 3.8) is 0 Å². The first kappa shape index (κ1) is 19.9. The summed E-state index contributed by atoms with van der Waals surface area (Å²) in [5.74, 6) is 1.26. The molecule has 0 aliphatic carbocycles. The molecule has 0 saturated carbocycles. The molecule has 1 aromatic heterocycles. The maximum Gasteiger partial charge on any atom is 0.222 e. The Labute approximate surface area is 164 Å². The van der Waals surface area contributed by atoms with Crippen LogP contribution >= 0.6 is 0 Å². The van der Waals surface area contributed by atoms with Crippen LogP contribution in [0.25, 0.3) is 5.69 Å². The van der Waals surface area contributed by atoms with Crippen molar-refractivity contribution in [2.24, 2.45) is 4.99 Å². The van der Waals surface area contributed by atoms with Gasteiger partial charge in [-0.25, -0.2) is 9.37 Å². The molecule has 2 aromatic rings. The molecule has 0 radical (unpaired) electrons. The fraction of sp³-hybridized carbons (Fsp3) is 0.450. The molecular weight excluding hydrogens is 359 g/mol. The van der Waals surface area contributed by atoms with Gasteiger partial charge in [0, 0.05) is 51.5 Å². The summed E-state index contributed by atoms with van der Waals surface area (Å²) in [6.07, 6.45) is 4.81. The van der Waals surface area contributed by atoms with E-state index in [1.807, 2.05) is 24.8 Å². The number of nitrogens with zero attached hydrogens (tertiary/aromatic N) is 4. The maximum absolute atomic E-state index is 14.5. The van der Waals surface area contributed by atoms with Gasteiger partial charge >= 0.3 is 0 Å². The van der Waals surface area contributed by atoms with Crippen molar-refractivity contribution < 1.29 is 9.18 Å². The second kappa shape index (κ2) is 8.86. The van der Waals surface area contributed by atoms with Crippen LogP contribution in [0.5, 0.6) is 0 Å². The quantitative estimate of drug-likeness (QED) is 0.609. The van der Waals surface area contributed by atoms with Crippen LogP contribution in [0.15, 0.2) is 35.6 Å². The summed E-state index contributed by atoms with van der Waals surface area (Å²) in [7, 11) is 1.70. The Morgan fingerprint density at radius 2 is 2.25 bits per heavy atom. The van der Waals surface area contributed by atoms with Crippen molar-refractivity contribution in [3.8, 4) is 5.69 Å². The fourth-order valence-corrected chi connectivity index (χ4v) is 3.39. The summed E-state index contributed by atoms with van der Waals surface area (Å²) >= 11 is 0. The smallest absolute Gasteiger partial charge is 0.222 e. The van der Waals surface area contributed by atoms with Crippen LogP contribution < -0.4 is 10.6 Å².